The summed E-state index contributed by atoms with van der Waals surface area (Å²) in [6.07, 6.45) is 8.85. The molecule has 0 saturated heterocycles. The van der Waals surface area contributed by atoms with Crippen molar-refractivity contribution in [1.29, 1.82) is 0 Å². The summed E-state index contributed by atoms with van der Waals surface area (Å²) in [6.45, 7) is 0. The molecule has 34 heavy (non-hydrogen) atoms. The molecule has 2 aromatic rings. The number of nitro benzene ring substituents is 2. The second-order valence-corrected chi connectivity index (χ2v) is 9.08. The first kappa shape index (κ1) is 23.7. The Morgan fingerprint density at radius 1 is 0.676 bits per heavy atom. The molecule has 2 aliphatic rings. The zero-order chi connectivity index (χ0) is 24.1. The number of ether oxygens (including phenoxy) is 2. The minimum atomic E-state index is -0.961. The molecule has 0 radical (unpaired) electrons. The summed E-state index contributed by atoms with van der Waals surface area (Å²) >= 11 is 0. The monoisotopic (exact) mass is 468 g/mol. The Labute approximate surface area is 197 Å². The van der Waals surface area contributed by atoms with Crippen molar-refractivity contribution in [2.75, 3.05) is 0 Å². The summed E-state index contributed by atoms with van der Waals surface area (Å²) in [4.78, 5) is 34.5. The predicted octanol–water partition coefficient (Wildman–Crippen LogP) is 7.18. The highest BCUT2D eigenvalue weighted by molar-refractivity contribution is 5.69. The lowest BCUT2D eigenvalue weighted by atomic mass is 9.83. The third-order valence-electron chi connectivity index (χ3n) is 6.88. The van der Waals surface area contributed by atoms with Gasteiger partial charge in [0.1, 0.15) is 11.5 Å². The first-order valence-corrected chi connectivity index (χ1v) is 11.9. The molecule has 0 N–H and O–H groups in total. The first-order chi connectivity index (χ1) is 16.4. The third-order valence-corrected chi connectivity index (χ3v) is 6.88. The highest BCUT2D eigenvalue weighted by atomic mass is 16.7. The van der Waals surface area contributed by atoms with E-state index < -0.39 is 16.0 Å². The number of carbonyl (C=O) groups is 1. The lowest BCUT2D eigenvalue weighted by Gasteiger charge is -2.24. The van der Waals surface area contributed by atoms with E-state index in [0.717, 1.165) is 64.2 Å². The highest BCUT2D eigenvalue weighted by Gasteiger charge is 2.26. The van der Waals surface area contributed by atoms with Crippen molar-refractivity contribution in [3.63, 3.8) is 0 Å². The maximum absolute atomic E-state index is 12.8. The number of benzene rings is 2. The smallest absolute Gasteiger partial charge is 0.394 e. The van der Waals surface area contributed by atoms with Crippen molar-refractivity contribution < 1.29 is 24.1 Å². The molecule has 2 fully saturated rings. The minimum Gasteiger partial charge on any atom is -0.394 e. The summed E-state index contributed by atoms with van der Waals surface area (Å²) in [5, 5.41) is 22.6. The average Bonchev–Trinajstić information content (AvgIpc) is 2.85. The number of carbonyl (C=O) groups excluding carboxylic acids is 1. The fourth-order valence-electron chi connectivity index (χ4n) is 5.15. The number of hydrogen-bond acceptors (Lipinski definition) is 7. The Bertz CT molecular complexity index is 989. The van der Waals surface area contributed by atoms with Gasteiger partial charge in [-0.1, -0.05) is 38.5 Å². The molecule has 9 nitrogen and oxygen atoms in total. The molecule has 4 rings (SSSR count). The Morgan fingerprint density at radius 2 is 1.06 bits per heavy atom. The van der Waals surface area contributed by atoms with Crippen LogP contribution in [0.1, 0.15) is 87.2 Å². The van der Waals surface area contributed by atoms with Crippen molar-refractivity contribution in [1.82, 2.24) is 0 Å². The molecule has 2 aromatic carbocycles. The number of rotatable bonds is 6. The van der Waals surface area contributed by atoms with Crippen molar-refractivity contribution in [2.45, 2.75) is 76.0 Å². The molecule has 2 aliphatic carbocycles. The Balaban J connectivity index is 1.58. The third kappa shape index (κ3) is 5.52. The van der Waals surface area contributed by atoms with E-state index in [-0.39, 0.29) is 34.7 Å². The maximum atomic E-state index is 12.8. The molecule has 0 aliphatic heterocycles. The van der Waals surface area contributed by atoms with Gasteiger partial charge in [-0.15, -0.1) is 0 Å². The maximum Gasteiger partial charge on any atom is 0.519 e. The fraction of sp³-hybridized carbons (Fsp3) is 0.480. The van der Waals surface area contributed by atoms with E-state index in [9.17, 15) is 25.0 Å². The standard InChI is InChI=1S/C25H28N2O7/c28-25(33-23-13-11-19(26(29)30)15-21(23)17-7-3-1-4-8-17)34-24-14-12-20(27(31)32)16-22(24)18-9-5-2-6-10-18/h11-18H,1-10H2. The van der Waals surface area contributed by atoms with Crippen LogP contribution in [-0.4, -0.2) is 16.0 Å². The molecule has 0 spiro atoms. The summed E-state index contributed by atoms with van der Waals surface area (Å²) in [5.74, 6) is 0.662. The normalized spacial score (nSPS) is 17.2. The SMILES string of the molecule is O=C(Oc1ccc([N+](=O)[O-])cc1C1CCCCC1)Oc1ccc([N+](=O)[O-])cc1C1CCCCC1. The van der Waals surface area contributed by atoms with Crippen molar-refractivity contribution in [3.8, 4) is 11.5 Å². The Morgan fingerprint density at radius 3 is 1.41 bits per heavy atom. The van der Waals surface area contributed by atoms with Gasteiger partial charge in [-0.25, -0.2) is 4.79 Å². The molecule has 2 saturated carbocycles. The Kier molecular flexibility index (Phi) is 7.40. The van der Waals surface area contributed by atoms with Gasteiger partial charge in [0.15, 0.2) is 0 Å². The van der Waals surface area contributed by atoms with Gasteiger partial charge in [0.05, 0.1) is 9.85 Å². The van der Waals surface area contributed by atoms with Crippen molar-refractivity contribution >= 4 is 17.5 Å². The van der Waals surface area contributed by atoms with Crippen LogP contribution in [0.4, 0.5) is 16.2 Å². The lowest BCUT2D eigenvalue weighted by molar-refractivity contribution is -0.385. The van der Waals surface area contributed by atoms with E-state index in [0.29, 0.717) is 11.1 Å². The van der Waals surface area contributed by atoms with Crippen LogP contribution in [0.15, 0.2) is 36.4 Å². The summed E-state index contributed by atoms with van der Waals surface area (Å²) in [7, 11) is 0. The van der Waals surface area contributed by atoms with E-state index in [1.54, 1.807) is 0 Å². The quantitative estimate of drug-likeness (QED) is 0.190. The van der Waals surface area contributed by atoms with Gasteiger partial charge in [-0.3, -0.25) is 20.2 Å². The van der Waals surface area contributed by atoms with E-state index in [4.69, 9.17) is 9.47 Å². The summed E-state index contributed by atoms with van der Waals surface area (Å²) < 4.78 is 11.1. The van der Waals surface area contributed by atoms with Gasteiger partial charge in [0.2, 0.25) is 0 Å². The molecule has 180 valence electrons. The van der Waals surface area contributed by atoms with Crippen LogP contribution in [0, 0.1) is 20.2 Å². The topological polar surface area (TPSA) is 122 Å². The van der Waals surface area contributed by atoms with Gasteiger partial charge in [-0.2, -0.15) is 0 Å². The predicted molar refractivity (Wildman–Crippen MR) is 124 cm³/mol. The summed E-state index contributed by atoms with van der Waals surface area (Å²) in [6, 6.07) is 8.49. The molecule has 0 bridgehead atoms. The largest absolute Gasteiger partial charge is 0.519 e. The zero-order valence-corrected chi connectivity index (χ0v) is 18.9. The number of hydrogen-bond donors (Lipinski definition) is 0. The van der Waals surface area contributed by atoms with Crippen LogP contribution < -0.4 is 9.47 Å². The second kappa shape index (κ2) is 10.6. The summed E-state index contributed by atoms with van der Waals surface area (Å²) in [5.41, 5.74) is 1.19. The number of non-ortho nitro benzene ring substituents is 2. The van der Waals surface area contributed by atoms with Crippen LogP contribution in [0.25, 0.3) is 0 Å². The molecular weight excluding hydrogens is 440 g/mol. The second-order valence-electron chi connectivity index (χ2n) is 9.08. The molecule has 0 heterocycles. The molecule has 0 aromatic heterocycles. The molecular formula is C25H28N2O7. The molecule has 0 amide bonds. The van der Waals surface area contributed by atoms with E-state index in [1.807, 2.05) is 0 Å². The van der Waals surface area contributed by atoms with Crippen molar-refractivity contribution in [3.05, 3.63) is 67.8 Å². The highest BCUT2D eigenvalue weighted by Crippen LogP contribution is 2.41. The van der Waals surface area contributed by atoms with Crippen LogP contribution in [0.2, 0.25) is 0 Å². The first-order valence-electron chi connectivity index (χ1n) is 11.9. The number of nitrogens with zero attached hydrogens (tertiary/aromatic N) is 2. The van der Waals surface area contributed by atoms with Crippen molar-refractivity contribution in [2.24, 2.45) is 0 Å². The van der Waals surface area contributed by atoms with Gasteiger partial charge in [-0.05, 0) is 49.7 Å². The van der Waals surface area contributed by atoms with Crippen LogP contribution in [0.3, 0.4) is 0 Å². The fourth-order valence-corrected chi connectivity index (χ4v) is 5.15. The van der Waals surface area contributed by atoms with Crippen LogP contribution in [-0.2, 0) is 0 Å². The Hall–Kier alpha value is -3.49. The minimum absolute atomic E-state index is 0.0451. The number of nitro groups is 2. The van der Waals surface area contributed by atoms with Crippen LogP contribution >= 0.6 is 0 Å². The van der Waals surface area contributed by atoms with Gasteiger partial charge >= 0.3 is 6.16 Å². The van der Waals surface area contributed by atoms with Gasteiger partial charge in [0, 0.05) is 35.4 Å². The van der Waals surface area contributed by atoms with Crippen LogP contribution in [0.5, 0.6) is 11.5 Å². The van der Waals surface area contributed by atoms with E-state index in [1.165, 1.54) is 36.4 Å². The molecule has 0 atom stereocenters. The van der Waals surface area contributed by atoms with Gasteiger partial charge < -0.3 is 9.47 Å². The molecule has 9 heteroatoms. The molecule has 0 unspecified atom stereocenters. The average molecular weight is 469 g/mol. The van der Waals surface area contributed by atoms with Gasteiger partial charge in [0.25, 0.3) is 11.4 Å². The van der Waals surface area contributed by atoms with E-state index in [2.05, 4.69) is 0 Å². The zero-order valence-electron chi connectivity index (χ0n) is 18.9. The van der Waals surface area contributed by atoms with E-state index >= 15 is 0 Å². The lowest BCUT2D eigenvalue weighted by Crippen LogP contribution is -2.18.